The molecule has 0 fully saturated rings. The Morgan fingerprint density at radius 3 is 2.32 bits per heavy atom. The highest BCUT2D eigenvalue weighted by molar-refractivity contribution is 5.85. The van der Waals surface area contributed by atoms with Crippen LogP contribution in [-0.2, 0) is 19.1 Å². The fourth-order valence-corrected chi connectivity index (χ4v) is 0.873. The van der Waals surface area contributed by atoms with Crippen molar-refractivity contribution in [1.82, 2.24) is 10.6 Å². The second kappa shape index (κ2) is 7.97. The van der Waals surface area contributed by atoms with E-state index in [0.29, 0.717) is 0 Å². The summed E-state index contributed by atoms with van der Waals surface area (Å²) in [4.78, 5) is 33.5. The molecule has 0 aliphatic carbocycles. The first-order valence-electron chi connectivity index (χ1n) is 5.57. The smallest absolute Gasteiger partial charge is 0.408 e. The maximum Gasteiger partial charge on any atom is 0.408 e. The van der Waals surface area contributed by atoms with Gasteiger partial charge in [0.2, 0.25) is 5.91 Å². The monoisotopic (exact) mass is 270 g/mol. The molecule has 0 aromatic rings. The standard InChI is InChI=1S/C12H18N2O5/c1-5-6-18-10(16)8-13-9(15)7-14-11(17)19-12(2,3)4/h1H,6-8H2,2-4H3,(H,13,15)(H,14,17). The number of hydrogen-bond acceptors (Lipinski definition) is 5. The van der Waals surface area contributed by atoms with E-state index < -0.39 is 23.6 Å². The van der Waals surface area contributed by atoms with Gasteiger partial charge >= 0.3 is 12.1 Å². The van der Waals surface area contributed by atoms with Gasteiger partial charge in [-0.05, 0) is 20.8 Å². The van der Waals surface area contributed by atoms with Crippen LogP contribution in [0.15, 0.2) is 0 Å². The van der Waals surface area contributed by atoms with E-state index in [0.717, 1.165) is 0 Å². The number of rotatable bonds is 5. The van der Waals surface area contributed by atoms with Crippen LogP contribution in [0.4, 0.5) is 4.79 Å². The van der Waals surface area contributed by atoms with Crippen molar-refractivity contribution in [2.24, 2.45) is 0 Å². The zero-order valence-electron chi connectivity index (χ0n) is 11.2. The molecule has 7 heteroatoms. The molecule has 0 aromatic heterocycles. The number of terminal acetylenes is 1. The van der Waals surface area contributed by atoms with Gasteiger partial charge in [-0.1, -0.05) is 5.92 Å². The van der Waals surface area contributed by atoms with E-state index in [-0.39, 0.29) is 19.7 Å². The minimum absolute atomic E-state index is 0.148. The molecule has 0 rings (SSSR count). The van der Waals surface area contributed by atoms with Gasteiger partial charge in [0.1, 0.15) is 18.7 Å². The molecule has 0 aliphatic rings. The second-order valence-electron chi connectivity index (χ2n) is 4.50. The molecule has 0 aliphatic heterocycles. The maximum absolute atomic E-state index is 11.3. The van der Waals surface area contributed by atoms with Crippen molar-refractivity contribution in [2.45, 2.75) is 26.4 Å². The summed E-state index contributed by atoms with van der Waals surface area (Å²) in [6.07, 6.45) is 4.18. The normalized spacial score (nSPS) is 10.0. The second-order valence-corrected chi connectivity index (χ2v) is 4.50. The zero-order chi connectivity index (χ0) is 14.9. The van der Waals surface area contributed by atoms with Crippen molar-refractivity contribution < 1.29 is 23.9 Å². The summed E-state index contributed by atoms with van der Waals surface area (Å²) < 4.78 is 9.45. The Morgan fingerprint density at radius 1 is 1.16 bits per heavy atom. The highest BCUT2D eigenvalue weighted by atomic mass is 16.6. The third kappa shape index (κ3) is 10.6. The van der Waals surface area contributed by atoms with E-state index in [2.05, 4.69) is 21.3 Å². The summed E-state index contributed by atoms with van der Waals surface area (Å²) in [5, 5.41) is 4.51. The van der Waals surface area contributed by atoms with Crippen molar-refractivity contribution in [3.63, 3.8) is 0 Å². The number of hydrogen-bond donors (Lipinski definition) is 2. The molecule has 106 valence electrons. The summed E-state index contributed by atoms with van der Waals surface area (Å²) in [7, 11) is 0. The largest absolute Gasteiger partial charge is 0.451 e. The van der Waals surface area contributed by atoms with Crippen LogP contribution in [0.2, 0.25) is 0 Å². The molecule has 2 amide bonds. The summed E-state index contributed by atoms with van der Waals surface area (Å²) in [6, 6.07) is 0. The number of carbonyl (C=O) groups is 3. The van der Waals surface area contributed by atoms with Crippen LogP contribution >= 0.6 is 0 Å². The predicted octanol–water partition coefficient (Wildman–Crippen LogP) is -0.196. The van der Waals surface area contributed by atoms with E-state index in [1.807, 2.05) is 0 Å². The molecule has 0 atom stereocenters. The van der Waals surface area contributed by atoms with E-state index >= 15 is 0 Å². The van der Waals surface area contributed by atoms with Crippen LogP contribution in [0.5, 0.6) is 0 Å². The molecule has 0 saturated carbocycles. The van der Waals surface area contributed by atoms with E-state index in [9.17, 15) is 14.4 Å². The number of amides is 2. The Hall–Kier alpha value is -2.23. The Bertz CT molecular complexity index is 379. The highest BCUT2D eigenvalue weighted by Gasteiger charge is 2.16. The van der Waals surface area contributed by atoms with E-state index in [1.165, 1.54) is 0 Å². The molecule has 0 unspecified atom stereocenters. The zero-order valence-corrected chi connectivity index (χ0v) is 11.2. The quantitative estimate of drug-likeness (QED) is 0.533. The third-order valence-corrected chi connectivity index (χ3v) is 1.54. The summed E-state index contributed by atoms with van der Waals surface area (Å²) in [5.41, 5.74) is -0.639. The van der Waals surface area contributed by atoms with Crippen LogP contribution in [0.3, 0.4) is 0 Å². The summed E-state index contributed by atoms with van der Waals surface area (Å²) >= 11 is 0. The van der Waals surface area contributed by atoms with E-state index in [1.54, 1.807) is 20.8 Å². The SMILES string of the molecule is C#CCOC(=O)CNC(=O)CNC(=O)OC(C)(C)C. The average Bonchev–Trinajstić information content (AvgIpc) is 2.29. The lowest BCUT2D eigenvalue weighted by Gasteiger charge is -2.19. The molecule has 0 radical (unpaired) electrons. The third-order valence-electron chi connectivity index (χ3n) is 1.54. The molecule has 0 spiro atoms. The molecule has 0 aromatic carbocycles. The Labute approximate surface area is 112 Å². The van der Waals surface area contributed by atoms with Crippen molar-refractivity contribution in [1.29, 1.82) is 0 Å². The van der Waals surface area contributed by atoms with Crippen LogP contribution in [0.25, 0.3) is 0 Å². The molecule has 2 N–H and O–H groups in total. The van der Waals surface area contributed by atoms with E-state index in [4.69, 9.17) is 11.2 Å². The van der Waals surface area contributed by atoms with Gasteiger partial charge in [-0.15, -0.1) is 6.42 Å². The Morgan fingerprint density at radius 2 is 1.79 bits per heavy atom. The van der Waals surface area contributed by atoms with Crippen molar-refractivity contribution in [2.75, 3.05) is 19.7 Å². The van der Waals surface area contributed by atoms with Gasteiger partial charge in [-0.2, -0.15) is 0 Å². The first-order chi connectivity index (χ1) is 8.74. The number of ether oxygens (including phenoxy) is 2. The van der Waals surface area contributed by atoms with Crippen LogP contribution in [0.1, 0.15) is 20.8 Å². The molecule has 0 heterocycles. The molecular weight excluding hydrogens is 252 g/mol. The number of esters is 1. The molecular formula is C12H18N2O5. The van der Waals surface area contributed by atoms with Crippen LogP contribution in [0, 0.1) is 12.3 Å². The van der Waals surface area contributed by atoms with Gasteiger partial charge in [0.25, 0.3) is 0 Å². The lowest BCUT2D eigenvalue weighted by atomic mass is 10.2. The number of alkyl carbamates (subject to hydrolysis) is 1. The number of carbonyl (C=O) groups excluding carboxylic acids is 3. The van der Waals surface area contributed by atoms with Crippen molar-refractivity contribution in [3.8, 4) is 12.3 Å². The fraction of sp³-hybridized carbons (Fsp3) is 0.583. The van der Waals surface area contributed by atoms with Gasteiger partial charge < -0.3 is 20.1 Å². The van der Waals surface area contributed by atoms with Gasteiger partial charge in [0.15, 0.2) is 6.61 Å². The Balaban J connectivity index is 3.79. The minimum Gasteiger partial charge on any atom is -0.451 e. The molecule has 19 heavy (non-hydrogen) atoms. The first-order valence-corrected chi connectivity index (χ1v) is 5.57. The summed E-state index contributed by atoms with van der Waals surface area (Å²) in [5.74, 6) is 0.931. The lowest BCUT2D eigenvalue weighted by Crippen LogP contribution is -2.41. The average molecular weight is 270 g/mol. The maximum atomic E-state index is 11.3. The highest BCUT2D eigenvalue weighted by Crippen LogP contribution is 2.05. The molecule has 0 saturated heterocycles. The van der Waals surface area contributed by atoms with Crippen LogP contribution in [-0.4, -0.2) is 43.3 Å². The summed E-state index contributed by atoms with van der Waals surface area (Å²) in [6.45, 7) is 4.36. The predicted molar refractivity (Wildman–Crippen MR) is 67.0 cm³/mol. The lowest BCUT2D eigenvalue weighted by molar-refractivity contribution is -0.142. The minimum atomic E-state index is -0.711. The van der Waals surface area contributed by atoms with Crippen molar-refractivity contribution in [3.05, 3.63) is 0 Å². The van der Waals surface area contributed by atoms with Gasteiger partial charge in [0, 0.05) is 0 Å². The molecule has 7 nitrogen and oxygen atoms in total. The first kappa shape index (κ1) is 16.8. The van der Waals surface area contributed by atoms with Crippen molar-refractivity contribution >= 4 is 18.0 Å². The topological polar surface area (TPSA) is 93.7 Å². The van der Waals surface area contributed by atoms with Gasteiger partial charge in [-0.3, -0.25) is 9.59 Å². The Kier molecular flexibility index (Phi) is 7.04. The van der Waals surface area contributed by atoms with Crippen LogP contribution < -0.4 is 10.6 Å². The number of nitrogens with one attached hydrogen (secondary N) is 2. The fourth-order valence-electron chi connectivity index (χ4n) is 0.873. The molecule has 0 bridgehead atoms. The van der Waals surface area contributed by atoms with Gasteiger partial charge in [-0.25, -0.2) is 4.79 Å². The van der Waals surface area contributed by atoms with Gasteiger partial charge in [0.05, 0.1) is 0 Å².